The lowest BCUT2D eigenvalue weighted by Crippen LogP contribution is -2.49. The molecule has 1 aliphatic heterocycles. The zero-order chi connectivity index (χ0) is 15.4. The van der Waals surface area contributed by atoms with Crippen LogP contribution in [0.25, 0.3) is 0 Å². The Bertz CT molecular complexity index is 500. The highest BCUT2D eigenvalue weighted by Crippen LogP contribution is 2.15. The third-order valence-corrected chi connectivity index (χ3v) is 4.21. The molecular formula is C16H25ClFN3O. The molecule has 6 heteroatoms. The Hall–Kier alpha value is -1.17. The fourth-order valence-corrected chi connectivity index (χ4v) is 2.68. The Morgan fingerprint density at radius 1 is 1.45 bits per heavy atom. The van der Waals surface area contributed by atoms with E-state index in [-0.39, 0.29) is 30.2 Å². The van der Waals surface area contributed by atoms with Crippen molar-refractivity contribution in [1.29, 1.82) is 0 Å². The van der Waals surface area contributed by atoms with Crippen molar-refractivity contribution in [1.82, 2.24) is 9.80 Å². The van der Waals surface area contributed by atoms with Gasteiger partial charge in [0.05, 0.1) is 6.54 Å². The predicted octanol–water partition coefficient (Wildman–Crippen LogP) is 1.88. The van der Waals surface area contributed by atoms with Gasteiger partial charge in [-0.3, -0.25) is 9.69 Å². The van der Waals surface area contributed by atoms with Gasteiger partial charge in [-0.25, -0.2) is 4.39 Å². The number of halogens is 2. The minimum atomic E-state index is -0.269. The van der Waals surface area contributed by atoms with E-state index in [1.54, 1.807) is 30.1 Å². The summed E-state index contributed by atoms with van der Waals surface area (Å²) in [5.74, 6) is 0.152. The van der Waals surface area contributed by atoms with E-state index in [9.17, 15) is 9.18 Å². The highest BCUT2D eigenvalue weighted by Gasteiger charge is 2.25. The minimum absolute atomic E-state index is 0. The van der Waals surface area contributed by atoms with Crippen molar-refractivity contribution < 1.29 is 9.18 Å². The third kappa shape index (κ3) is 4.93. The molecule has 2 N–H and O–H groups in total. The number of hydrogen-bond donors (Lipinski definition) is 1. The molecule has 0 spiro atoms. The van der Waals surface area contributed by atoms with Gasteiger partial charge in [-0.05, 0) is 18.4 Å². The van der Waals surface area contributed by atoms with Crippen LogP contribution in [-0.4, -0.2) is 48.4 Å². The molecule has 2 unspecified atom stereocenters. The van der Waals surface area contributed by atoms with E-state index in [0.717, 1.165) is 19.5 Å². The molecule has 0 aliphatic carbocycles. The third-order valence-electron chi connectivity index (χ3n) is 4.21. The first kappa shape index (κ1) is 18.9. The number of nitrogens with zero attached hydrogens (tertiary/aromatic N) is 2. The van der Waals surface area contributed by atoms with E-state index >= 15 is 0 Å². The van der Waals surface area contributed by atoms with Gasteiger partial charge in [-0.2, -0.15) is 0 Å². The van der Waals surface area contributed by atoms with Crippen LogP contribution in [0.1, 0.15) is 18.9 Å². The summed E-state index contributed by atoms with van der Waals surface area (Å²) in [5.41, 5.74) is 6.53. The molecule has 1 aliphatic rings. The van der Waals surface area contributed by atoms with Gasteiger partial charge in [-0.1, -0.05) is 25.1 Å². The first-order valence-corrected chi connectivity index (χ1v) is 7.42. The molecule has 4 nitrogen and oxygen atoms in total. The summed E-state index contributed by atoms with van der Waals surface area (Å²) in [5, 5.41) is 0. The van der Waals surface area contributed by atoms with Gasteiger partial charge in [0, 0.05) is 38.3 Å². The lowest BCUT2D eigenvalue weighted by atomic mass is 9.95. The van der Waals surface area contributed by atoms with E-state index < -0.39 is 0 Å². The van der Waals surface area contributed by atoms with Crippen LogP contribution in [0.2, 0.25) is 0 Å². The summed E-state index contributed by atoms with van der Waals surface area (Å²) < 4.78 is 13.6. The van der Waals surface area contributed by atoms with Gasteiger partial charge < -0.3 is 10.6 Å². The van der Waals surface area contributed by atoms with Gasteiger partial charge >= 0.3 is 0 Å². The molecule has 1 heterocycles. The summed E-state index contributed by atoms with van der Waals surface area (Å²) >= 11 is 0. The quantitative estimate of drug-likeness (QED) is 0.917. The SMILES string of the molecule is CC1CN(CC(=O)N(C)Cc2ccccc2F)CCC1N.Cl. The molecular weight excluding hydrogens is 305 g/mol. The van der Waals surface area contributed by atoms with Crippen molar-refractivity contribution in [2.75, 3.05) is 26.7 Å². The average Bonchev–Trinajstić information content (AvgIpc) is 2.45. The number of nitrogens with two attached hydrogens (primary N) is 1. The average molecular weight is 330 g/mol. The number of hydrogen-bond acceptors (Lipinski definition) is 3. The molecule has 1 saturated heterocycles. The molecule has 2 atom stereocenters. The summed E-state index contributed by atoms with van der Waals surface area (Å²) in [6.45, 7) is 4.49. The normalized spacial score (nSPS) is 22.0. The second-order valence-electron chi connectivity index (χ2n) is 6.01. The van der Waals surface area contributed by atoms with Crippen LogP contribution >= 0.6 is 12.4 Å². The Labute approximate surface area is 137 Å². The van der Waals surface area contributed by atoms with E-state index in [1.807, 2.05) is 0 Å². The molecule has 0 bridgehead atoms. The molecule has 124 valence electrons. The van der Waals surface area contributed by atoms with Gasteiger partial charge in [0.2, 0.25) is 5.91 Å². The lowest BCUT2D eigenvalue weighted by Gasteiger charge is -2.35. The standard InChI is InChI=1S/C16H24FN3O.ClH/c1-12-9-20(8-7-15(12)18)11-16(21)19(2)10-13-5-3-4-6-14(13)17;/h3-6,12,15H,7-11,18H2,1-2H3;1H. The summed E-state index contributed by atoms with van der Waals surface area (Å²) in [7, 11) is 1.72. The smallest absolute Gasteiger partial charge is 0.236 e. The Morgan fingerprint density at radius 3 is 2.77 bits per heavy atom. The molecule has 22 heavy (non-hydrogen) atoms. The maximum atomic E-state index is 13.6. The minimum Gasteiger partial charge on any atom is -0.340 e. The van der Waals surface area contributed by atoms with Crippen molar-refractivity contribution in [3.05, 3.63) is 35.6 Å². The van der Waals surface area contributed by atoms with E-state index in [4.69, 9.17) is 5.73 Å². The van der Waals surface area contributed by atoms with Gasteiger partial charge in [0.25, 0.3) is 0 Å². The van der Waals surface area contributed by atoms with Crippen molar-refractivity contribution >= 4 is 18.3 Å². The van der Waals surface area contributed by atoms with Crippen molar-refractivity contribution in [2.45, 2.75) is 25.9 Å². The highest BCUT2D eigenvalue weighted by atomic mass is 35.5. The van der Waals surface area contributed by atoms with Gasteiger partial charge in [0.15, 0.2) is 0 Å². The van der Waals surface area contributed by atoms with Crippen LogP contribution in [0.15, 0.2) is 24.3 Å². The molecule has 1 aromatic rings. The zero-order valence-corrected chi connectivity index (χ0v) is 14.0. The zero-order valence-electron chi connectivity index (χ0n) is 13.2. The number of likely N-dealkylation sites (tertiary alicyclic amines) is 1. The van der Waals surface area contributed by atoms with Crippen LogP contribution < -0.4 is 5.73 Å². The number of rotatable bonds is 4. The second-order valence-corrected chi connectivity index (χ2v) is 6.01. The topological polar surface area (TPSA) is 49.6 Å². The number of carbonyl (C=O) groups excluding carboxylic acids is 1. The van der Waals surface area contributed by atoms with Gasteiger partial charge in [0.1, 0.15) is 5.82 Å². The van der Waals surface area contributed by atoms with Gasteiger partial charge in [-0.15, -0.1) is 12.4 Å². The first-order valence-electron chi connectivity index (χ1n) is 7.42. The molecule has 2 rings (SSSR count). The monoisotopic (exact) mass is 329 g/mol. The van der Waals surface area contributed by atoms with Crippen LogP contribution in [-0.2, 0) is 11.3 Å². The number of amides is 1. The van der Waals surface area contributed by atoms with E-state index in [1.165, 1.54) is 6.07 Å². The fourth-order valence-electron chi connectivity index (χ4n) is 2.68. The molecule has 1 amide bonds. The lowest BCUT2D eigenvalue weighted by molar-refractivity contribution is -0.132. The second kappa shape index (κ2) is 8.46. The summed E-state index contributed by atoms with van der Waals surface area (Å²) in [6, 6.07) is 6.79. The maximum Gasteiger partial charge on any atom is 0.236 e. The van der Waals surface area contributed by atoms with Crippen LogP contribution in [0.3, 0.4) is 0 Å². The Morgan fingerprint density at radius 2 is 2.14 bits per heavy atom. The number of piperidine rings is 1. The van der Waals surface area contributed by atoms with E-state index in [0.29, 0.717) is 24.6 Å². The predicted molar refractivity (Wildman–Crippen MR) is 88.3 cm³/mol. The molecule has 1 aromatic carbocycles. The summed E-state index contributed by atoms with van der Waals surface area (Å²) in [4.78, 5) is 16.0. The molecule has 1 fully saturated rings. The first-order chi connectivity index (χ1) is 9.97. The Balaban J connectivity index is 0.00000242. The molecule has 0 radical (unpaired) electrons. The van der Waals surface area contributed by atoms with Crippen molar-refractivity contribution in [3.8, 4) is 0 Å². The molecule has 0 saturated carbocycles. The van der Waals surface area contributed by atoms with Crippen molar-refractivity contribution in [2.24, 2.45) is 11.7 Å². The van der Waals surface area contributed by atoms with Crippen molar-refractivity contribution in [3.63, 3.8) is 0 Å². The number of likely N-dealkylation sites (N-methyl/N-ethyl adjacent to an activating group) is 1. The fraction of sp³-hybridized carbons (Fsp3) is 0.562. The summed E-state index contributed by atoms with van der Waals surface area (Å²) in [6.07, 6.45) is 0.922. The maximum absolute atomic E-state index is 13.6. The largest absolute Gasteiger partial charge is 0.340 e. The number of carbonyl (C=O) groups is 1. The molecule has 0 aromatic heterocycles. The Kier molecular flexibility index (Phi) is 7.26. The highest BCUT2D eigenvalue weighted by molar-refractivity contribution is 5.85. The van der Waals surface area contributed by atoms with Crippen LogP contribution in [0.4, 0.5) is 4.39 Å². The van der Waals surface area contributed by atoms with E-state index in [2.05, 4.69) is 11.8 Å². The van der Waals surface area contributed by atoms with Crippen LogP contribution in [0.5, 0.6) is 0 Å². The van der Waals surface area contributed by atoms with Crippen LogP contribution in [0, 0.1) is 11.7 Å². The number of benzene rings is 1.